The minimum Gasteiger partial charge on any atom is -0.497 e. The molecule has 0 unspecified atom stereocenters. The van der Waals surface area contributed by atoms with Crippen LogP contribution >= 0.6 is 11.6 Å². The molecule has 2 aliphatic heterocycles. The van der Waals surface area contributed by atoms with Gasteiger partial charge in [0.1, 0.15) is 29.8 Å². The third-order valence-electron chi connectivity index (χ3n) is 8.15. The first-order chi connectivity index (χ1) is 21.5. The number of ether oxygens (including phenoxy) is 5. The number of ketones is 1. The number of benzene rings is 2. The average Bonchev–Trinajstić information content (AvgIpc) is 2.98. The summed E-state index contributed by atoms with van der Waals surface area (Å²) in [6.45, 7) is 14.2. The number of carbonyl (C=O) groups excluding carboxylic acids is 3. The fourth-order valence-corrected chi connectivity index (χ4v) is 11.2. The Morgan fingerprint density at radius 3 is 2.20 bits per heavy atom. The fraction of sp³-hybridized carbons (Fsp3) is 0.559. The van der Waals surface area contributed by atoms with Gasteiger partial charge in [-0.1, -0.05) is 71.3 Å². The van der Waals surface area contributed by atoms with Gasteiger partial charge in [0, 0.05) is 21.5 Å². The SMILES string of the molecule is COc1ccc(CO[C@@H]2[C@H](OC(=O)CCC(C)=O)[C@@H](OC(=O)c3cccc(Cl)c3)O[C@@H]3CO[Si](C(C)(C)C)(C(C)(C)C)O[C@@H]23)cc1. The average molecular weight is 677 g/mol. The van der Waals surface area contributed by atoms with Gasteiger partial charge in [-0.15, -0.1) is 0 Å². The number of esters is 2. The Morgan fingerprint density at radius 1 is 0.935 bits per heavy atom. The molecule has 46 heavy (non-hydrogen) atoms. The molecule has 2 saturated heterocycles. The van der Waals surface area contributed by atoms with Crippen LogP contribution in [-0.2, 0) is 44.0 Å². The van der Waals surface area contributed by atoms with Crippen molar-refractivity contribution >= 4 is 37.9 Å². The molecule has 0 aromatic heterocycles. The zero-order chi connectivity index (χ0) is 33.9. The van der Waals surface area contributed by atoms with E-state index in [1.807, 2.05) is 24.3 Å². The minimum atomic E-state index is -3.05. The summed E-state index contributed by atoms with van der Waals surface area (Å²) in [5.41, 5.74) is 1.03. The molecular weight excluding hydrogens is 632 g/mol. The highest BCUT2D eigenvalue weighted by Gasteiger charge is 2.65. The van der Waals surface area contributed by atoms with Crippen LogP contribution in [0.4, 0.5) is 0 Å². The zero-order valence-corrected chi connectivity index (χ0v) is 29.6. The van der Waals surface area contributed by atoms with Crippen molar-refractivity contribution < 1.29 is 46.9 Å². The second-order valence-corrected chi connectivity index (χ2v) is 18.9. The zero-order valence-electron chi connectivity index (χ0n) is 27.8. The predicted octanol–water partition coefficient (Wildman–Crippen LogP) is 6.55. The maximum atomic E-state index is 13.3. The van der Waals surface area contributed by atoms with Crippen molar-refractivity contribution in [3.63, 3.8) is 0 Å². The van der Waals surface area contributed by atoms with Crippen LogP contribution in [0.5, 0.6) is 5.75 Å². The molecule has 0 saturated carbocycles. The van der Waals surface area contributed by atoms with Gasteiger partial charge in [-0.3, -0.25) is 4.79 Å². The monoisotopic (exact) mass is 676 g/mol. The van der Waals surface area contributed by atoms with Gasteiger partial charge in [0.2, 0.25) is 6.29 Å². The highest BCUT2D eigenvalue weighted by Crippen LogP contribution is 2.55. The number of rotatable bonds is 10. The number of halogens is 1. The summed E-state index contributed by atoms with van der Waals surface area (Å²) in [6.07, 6.45) is -5.14. The Balaban J connectivity index is 1.74. The van der Waals surface area contributed by atoms with Gasteiger partial charge in [-0.2, -0.15) is 0 Å². The molecule has 2 heterocycles. The Hall–Kier alpha value is -2.80. The first-order valence-corrected chi connectivity index (χ1v) is 17.6. The van der Waals surface area contributed by atoms with E-state index in [-0.39, 0.29) is 47.5 Å². The van der Waals surface area contributed by atoms with E-state index in [9.17, 15) is 14.4 Å². The van der Waals surface area contributed by atoms with Crippen LogP contribution in [0, 0.1) is 0 Å². The summed E-state index contributed by atoms with van der Waals surface area (Å²) in [6, 6.07) is 13.7. The standard InChI is InChI=1S/C34H45ClO10Si/c1-21(36)12-17-27(37)43-30-29(40-19-22-13-15-25(39-8)16-14-22)28-26(20-41-46(45-28,33(2,3)4)34(5,6)7)42-32(30)44-31(38)23-10-9-11-24(35)18-23/h9-11,13-16,18,26,28-30,32H,12,17,19-20H2,1-8H3/t26-,28-,29+,30+,32-/m1/s1. The van der Waals surface area contributed by atoms with Crippen molar-refractivity contribution in [3.8, 4) is 5.75 Å². The number of carbonyl (C=O) groups is 3. The Labute approximate surface area is 277 Å². The predicted molar refractivity (Wildman–Crippen MR) is 173 cm³/mol. The molecule has 10 nitrogen and oxygen atoms in total. The maximum absolute atomic E-state index is 13.3. The molecule has 252 valence electrons. The number of methoxy groups -OCH3 is 1. The van der Waals surface area contributed by atoms with Crippen molar-refractivity contribution in [2.45, 2.75) is 109 Å². The molecule has 12 heteroatoms. The van der Waals surface area contributed by atoms with Crippen LogP contribution in [0.3, 0.4) is 0 Å². The molecule has 0 spiro atoms. The van der Waals surface area contributed by atoms with Crippen molar-refractivity contribution in [2.24, 2.45) is 0 Å². The number of fused-ring (bicyclic) bond motifs is 1. The lowest BCUT2D eigenvalue weighted by Crippen LogP contribution is -2.72. The molecule has 4 rings (SSSR count). The molecule has 0 radical (unpaired) electrons. The lowest BCUT2D eigenvalue weighted by molar-refractivity contribution is -0.306. The normalized spacial score (nSPS) is 24.4. The van der Waals surface area contributed by atoms with Gasteiger partial charge in [0.05, 0.1) is 32.3 Å². The van der Waals surface area contributed by atoms with Crippen molar-refractivity contribution in [1.82, 2.24) is 0 Å². The maximum Gasteiger partial charge on any atom is 0.349 e. The fourth-order valence-electron chi connectivity index (χ4n) is 6.09. The minimum absolute atomic E-state index is 0.00276. The van der Waals surface area contributed by atoms with Crippen LogP contribution in [0.15, 0.2) is 48.5 Å². The van der Waals surface area contributed by atoms with Crippen LogP contribution < -0.4 is 4.74 Å². The first kappa shape index (κ1) is 36.0. The van der Waals surface area contributed by atoms with E-state index in [0.717, 1.165) is 5.56 Å². The molecular formula is C34H45ClO10Si. The summed E-state index contributed by atoms with van der Waals surface area (Å²) in [7, 11) is -1.46. The number of Topliss-reactive ketones (excluding diaryl/α,β-unsaturated/α-hetero) is 1. The van der Waals surface area contributed by atoms with E-state index in [2.05, 4.69) is 41.5 Å². The van der Waals surface area contributed by atoms with E-state index in [1.54, 1.807) is 25.3 Å². The molecule has 0 bridgehead atoms. The van der Waals surface area contributed by atoms with Gasteiger partial charge >= 0.3 is 20.5 Å². The van der Waals surface area contributed by atoms with E-state index >= 15 is 0 Å². The molecule has 2 aliphatic rings. The molecule has 0 amide bonds. The van der Waals surface area contributed by atoms with Crippen LogP contribution in [-0.4, -0.2) is 70.7 Å². The van der Waals surface area contributed by atoms with Crippen molar-refractivity contribution in [3.05, 3.63) is 64.7 Å². The Kier molecular flexibility index (Phi) is 11.4. The van der Waals surface area contributed by atoms with Gasteiger partial charge in [-0.25, -0.2) is 4.79 Å². The second-order valence-electron chi connectivity index (χ2n) is 13.7. The topological polar surface area (TPSA) is 116 Å². The Morgan fingerprint density at radius 2 is 1.61 bits per heavy atom. The van der Waals surface area contributed by atoms with Crippen molar-refractivity contribution in [2.75, 3.05) is 13.7 Å². The molecule has 2 aromatic carbocycles. The summed E-state index contributed by atoms with van der Waals surface area (Å²) in [5.74, 6) is -0.854. The summed E-state index contributed by atoms with van der Waals surface area (Å²) in [5, 5.41) is -0.368. The van der Waals surface area contributed by atoms with E-state index in [1.165, 1.54) is 13.0 Å². The van der Waals surface area contributed by atoms with Gasteiger partial charge < -0.3 is 37.3 Å². The third kappa shape index (κ3) is 8.18. The van der Waals surface area contributed by atoms with Crippen LogP contribution in [0.25, 0.3) is 0 Å². The van der Waals surface area contributed by atoms with Crippen LogP contribution in [0.1, 0.15) is 77.2 Å². The summed E-state index contributed by atoms with van der Waals surface area (Å²) < 4.78 is 43.7. The lowest BCUT2D eigenvalue weighted by atomic mass is 9.98. The van der Waals surface area contributed by atoms with E-state index in [4.69, 9.17) is 44.1 Å². The third-order valence-corrected chi connectivity index (χ3v) is 13.5. The van der Waals surface area contributed by atoms with Gasteiger partial charge in [0.15, 0.2) is 6.10 Å². The second kappa shape index (κ2) is 14.5. The number of hydrogen-bond donors (Lipinski definition) is 0. The molecule has 5 atom stereocenters. The summed E-state index contributed by atoms with van der Waals surface area (Å²) >= 11 is 6.13. The quantitative estimate of drug-likeness (QED) is 0.203. The summed E-state index contributed by atoms with van der Waals surface area (Å²) in [4.78, 5) is 38.1. The highest BCUT2D eigenvalue weighted by molar-refractivity contribution is 6.73. The number of hydrogen-bond acceptors (Lipinski definition) is 10. The molecule has 2 aromatic rings. The van der Waals surface area contributed by atoms with Gasteiger partial charge in [-0.05, 0) is 42.8 Å². The largest absolute Gasteiger partial charge is 0.497 e. The molecule has 0 aliphatic carbocycles. The highest BCUT2D eigenvalue weighted by atomic mass is 35.5. The molecule has 2 fully saturated rings. The van der Waals surface area contributed by atoms with Gasteiger partial charge in [0.25, 0.3) is 0 Å². The lowest BCUT2D eigenvalue weighted by Gasteiger charge is -2.57. The first-order valence-electron chi connectivity index (χ1n) is 15.4. The smallest absolute Gasteiger partial charge is 0.349 e. The van der Waals surface area contributed by atoms with E-state index < -0.39 is 51.2 Å². The van der Waals surface area contributed by atoms with Crippen molar-refractivity contribution in [1.29, 1.82) is 0 Å². The van der Waals surface area contributed by atoms with Crippen LogP contribution in [0.2, 0.25) is 15.1 Å². The Bertz CT molecular complexity index is 1370. The molecule has 0 N–H and O–H groups in total. The van der Waals surface area contributed by atoms with E-state index in [0.29, 0.717) is 10.8 Å².